The third-order valence-corrected chi connectivity index (χ3v) is 5.73. The van der Waals surface area contributed by atoms with Crippen molar-refractivity contribution < 1.29 is 9.59 Å². The molecule has 2 aliphatic rings. The van der Waals surface area contributed by atoms with Crippen molar-refractivity contribution in [1.82, 2.24) is 0 Å². The highest BCUT2D eigenvalue weighted by Gasteiger charge is 2.34. The van der Waals surface area contributed by atoms with E-state index in [1.807, 2.05) is 54.6 Å². The van der Waals surface area contributed by atoms with Crippen LogP contribution in [0.3, 0.4) is 0 Å². The summed E-state index contributed by atoms with van der Waals surface area (Å²) in [5.41, 5.74) is 3.11. The Bertz CT molecular complexity index is 996. The van der Waals surface area contributed by atoms with Crippen LogP contribution in [-0.4, -0.2) is 11.8 Å². The predicted octanol–water partition coefficient (Wildman–Crippen LogP) is 5.30. The number of imide groups is 1. The van der Waals surface area contributed by atoms with Crippen LogP contribution in [0.5, 0.6) is 0 Å². The first-order chi connectivity index (χ1) is 12.7. The summed E-state index contributed by atoms with van der Waals surface area (Å²) < 4.78 is 0. The highest BCUT2D eigenvalue weighted by atomic mass is 16.2. The van der Waals surface area contributed by atoms with Crippen molar-refractivity contribution in [2.75, 3.05) is 4.90 Å². The molecule has 1 aliphatic heterocycles. The predicted molar refractivity (Wildman–Crippen MR) is 103 cm³/mol. The first kappa shape index (κ1) is 15.3. The molecule has 0 N–H and O–H groups in total. The summed E-state index contributed by atoms with van der Waals surface area (Å²) in [6.07, 6.45) is 4.89. The molecule has 3 heteroatoms. The second-order valence-electron chi connectivity index (χ2n) is 7.23. The van der Waals surface area contributed by atoms with Crippen LogP contribution in [0.15, 0.2) is 60.7 Å². The second kappa shape index (κ2) is 5.80. The lowest BCUT2D eigenvalue weighted by atomic mass is 9.93. The van der Waals surface area contributed by atoms with Crippen LogP contribution in [0.25, 0.3) is 10.8 Å². The molecule has 0 unspecified atom stereocenters. The zero-order chi connectivity index (χ0) is 17.7. The molecule has 3 aromatic rings. The normalized spacial score (nSPS) is 17.3. The summed E-state index contributed by atoms with van der Waals surface area (Å²) in [5.74, 6) is 0.0754. The average Bonchev–Trinajstić information content (AvgIpc) is 3.21. The van der Waals surface area contributed by atoms with E-state index in [1.165, 1.54) is 36.1 Å². The molecule has 26 heavy (non-hydrogen) atoms. The zero-order valence-corrected chi connectivity index (χ0v) is 14.4. The third-order valence-electron chi connectivity index (χ3n) is 5.73. The van der Waals surface area contributed by atoms with Crippen LogP contribution in [-0.2, 0) is 0 Å². The molecule has 0 spiro atoms. The van der Waals surface area contributed by atoms with Crippen LogP contribution in [0.1, 0.15) is 57.9 Å². The first-order valence-electron chi connectivity index (χ1n) is 9.24. The quantitative estimate of drug-likeness (QED) is 0.593. The van der Waals surface area contributed by atoms with Gasteiger partial charge in [0, 0.05) is 16.5 Å². The Balaban J connectivity index is 1.64. The second-order valence-corrected chi connectivity index (χ2v) is 7.23. The maximum Gasteiger partial charge on any atom is 0.265 e. The number of nitrogens with zero attached hydrogens (tertiary/aromatic N) is 1. The average molecular weight is 341 g/mol. The number of rotatable bonds is 2. The minimum absolute atomic E-state index is 0.233. The molecule has 0 bridgehead atoms. The summed E-state index contributed by atoms with van der Waals surface area (Å²) >= 11 is 0. The number of carbonyl (C=O) groups excluding carboxylic acids is 2. The molecular formula is C23H19NO2. The fourth-order valence-electron chi connectivity index (χ4n) is 4.44. The van der Waals surface area contributed by atoms with E-state index in [0.29, 0.717) is 22.7 Å². The molecule has 1 saturated carbocycles. The van der Waals surface area contributed by atoms with Gasteiger partial charge in [-0.3, -0.25) is 9.59 Å². The van der Waals surface area contributed by atoms with Gasteiger partial charge in [0.15, 0.2) is 0 Å². The molecule has 3 nitrogen and oxygen atoms in total. The van der Waals surface area contributed by atoms with Gasteiger partial charge in [-0.2, -0.15) is 0 Å². The number of carbonyl (C=O) groups is 2. The van der Waals surface area contributed by atoms with E-state index in [9.17, 15) is 9.59 Å². The van der Waals surface area contributed by atoms with Gasteiger partial charge in [-0.25, -0.2) is 4.90 Å². The van der Waals surface area contributed by atoms with Gasteiger partial charge in [-0.15, -0.1) is 0 Å². The largest absolute Gasteiger partial charge is 0.268 e. The monoisotopic (exact) mass is 341 g/mol. The fourth-order valence-corrected chi connectivity index (χ4v) is 4.44. The van der Waals surface area contributed by atoms with E-state index < -0.39 is 0 Å². The van der Waals surface area contributed by atoms with Crippen molar-refractivity contribution in [3.8, 4) is 0 Å². The van der Waals surface area contributed by atoms with Crippen molar-refractivity contribution in [3.05, 3.63) is 77.4 Å². The van der Waals surface area contributed by atoms with Gasteiger partial charge >= 0.3 is 0 Å². The van der Waals surface area contributed by atoms with Gasteiger partial charge in [0.1, 0.15) is 0 Å². The van der Waals surface area contributed by atoms with E-state index >= 15 is 0 Å². The number of anilines is 1. The molecule has 1 heterocycles. The maximum absolute atomic E-state index is 13.2. The first-order valence-corrected chi connectivity index (χ1v) is 9.24. The highest BCUT2D eigenvalue weighted by Crippen LogP contribution is 2.37. The third kappa shape index (κ3) is 2.20. The lowest BCUT2D eigenvalue weighted by Gasteiger charge is -2.27. The maximum atomic E-state index is 13.2. The molecule has 128 valence electrons. The lowest BCUT2D eigenvalue weighted by molar-refractivity contribution is 0.0893. The summed E-state index contributed by atoms with van der Waals surface area (Å²) in [6.45, 7) is 0. The summed E-state index contributed by atoms with van der Waals surface area (Å²) in [6, 6.07) is 19.2. The van der Waals surface area contributed by atoms with Crippen molar-refractivity contribution in [2.24, 2.45) is 0 Å². The van der Waals surface area contributed by atoms with Gasteiger partial charge in [-0.05, 0) is 54.0 Å². The molecule has 2 amide bonds. The van der Waals surface area contributed by atoms with Crippen molar-refractivity contribution >= 4 is 28.3 Å². The van der Waals surface area contributed by atoms with Crippen LogP contribution in [0.4, 0.5) is 5.69 Å². The molecule has 0 aromatic heterocycles. The van der Waals surface area contributed by atoms with Crippen LogP contribution < -0.4 is 4.90 Å². The topological polar surface area (TPSA) is 37.4 Å². The Morgan fingerprint density at radius 3 is 2.04 bits per heavy atom. The van der Waals surface area contributed by atoms with E-state index in [0.717, 1.165) is 10.8 Å². The minimum Gasteiger partial charge on any atom is -0.268 e. The summed E-state index contributed by atoms with van der Waals surface area (Å²) in [5, 5.41) is 1.70. The van der Waals surface area contributed by atoms with Gasteiger partial charge in [0.05, 0.1) is 5.69 Å². The Labute approximate surface area is 152 Å². The molecule has 0 atom stereocenters. The van der Waals surface area contributed by atoms with E-state index in [1.54, 1.807) is 0 Å². The minimum atomic E-state index is -0.233. The van der Waals surface area contributed by atoms with E-state index in [-0.39, 0.29) is 11.8 Å². The lowest BCUT2D eigenvalue weighted by Crippen LogP contribution is -2.40. The molecule has 0 saturated heterocycles. The Hall–Kier alpha value is -2.94. The fraction of sp³-hybridized carbons (Fsp3) is 0.217. The molecule has 0 radical (unpaired) electrons. The Morgan fingerprint density at radius 1 is 0.769 bits per heavy atom. The smallest absolute Gasteiger partial charge is 0.265 e. The number of hydrogen-bond donors (Lipinski definition) is 0. The van der Waals surface area contributed by atoms with Crippen LogP contribution in [0.2, 0.25) is 0 Å². The molecule has 3 aromatic carbocycles. The van der Waals surface area contributed by atoms with Gasteiger partial charge in [0.2, 0.25) is 0 Å². The van der Waals surface area contributed by atoms with E-state index in [4.69, 9.17) is 0 Å². The number of hydrogen-bond acceptors (Lipinski definition) is 2. The van der Waals surface area contributed by atoms with Crippen LogP contribution in [0, 0.1) is 0 Å². The molecular weight excluding hydrogens is 322 g/mol. The van der Waals surface area contributed by atoms with Crippen molar-refractivity contribution in [2.45, 2.75) is 31.6 Å². The van der Waals surface area contributed by atoms with Crippen molar-refractivity contribution in [3.63, 3.8) is 0 Å². The molecule has 5 rings (SSSR count). The zero-order valence-electron chi connectivity index (χ0n) is 14.4. The van der Waals surface area contributed by atoms with Crippen LogP contribution >= 0.6 is 0 Å². The Kier molecular flexibility index (Phi) is 3.42. The summed E-state index contributed by atoms with van der Waals surface area (Å²) in [4.78, 5) is 27.6. The van der Waals surface area contributed by atoms with Gasteiger partial charge in [0.25, 0.3) is 11.8 Å². The van der Waals surface area contributed by atoms with Crippen molar-refractivity contribution in [1.29, 1.82) is 0 Å². The van der Waals surface area contributed by atoms with Gasteiger partial charge in [-0.1, -0.05) is 49.2 Å². The number of amides is 2. The SMILES string of the molecule is O=C1c2cccc3cccc(c23)C(=O)N1c1cccc(C2CCCC2)c1. The van der Waals surface area contributed by atoms with E-state index in [2.05, 4.69) is 6.07 Å². The highest BCUT2D eigenvalue weighted by molar-refractivity contribution is 6.35. The molecule has 1 fully saturated rings. The van der Waals surface area contributed by atoms with Gasteiger partial charge < -0.3 is 0 Å². The Morgan fingerprint density at radius 2 is 1.38 bits per heavy atom. The number of benzene rings is 3. The summed E-state index contributed by atoms with van der Waals surface area (Å²) in [7, 11) is 0. The molecule has 1 aliphatic carbocycles. The standard InChI is InChI=1S/C23H19NO2/c25-22-19-12-4-8-16-9-5-13-20(21(16)19)23(26)24(22)18-11-3-10-17(14-18)15-6-1-2-7-15/h3-5,8-15H,1-2,6-7H2.